The molecule has 2 nitrogen and oxygen atoms in total. The summed E-state index contributed by atoms with van der Waals surface area (Å²) in [6.07, 6.45) is 0.936. The largest absolute Gasteiger partial charge is 0.326 e. The highest BCUT2D eigenvalue weighted by Crippen LogP contribution is 2.19. The van der Waals surface area contributed by atoms with Crippen molar-refractivity contribution in [1.29, 1.82) is 0 Å². The van der Waals surface area contributed by atoms with E-state index in [-0.39, 0.29) is 0 Å². The van der Waals surface area contributed by atoms with Crippen LogP contribution in [0.4, 0.5) is 0 Å². The van der Waals surface area contributed by atoms with E-state index in [1.54, 1.807) is 0 Å². The molecule has 4 heteroatoms. The van der Waals surface area contributed by atoms with Crippen LogP contribution in [0.3, 0.4) is 0 Å². The van der Waals surface area contributed by atoms with Gasteiger partial charge in [0.25, 0.3) is 0 Å². The molecule has 15 heavy (non-hydrogen) atoms. The summed E-state index contributed by atoms with van der Waals surface area (Å²) in [5, 5.41) is 0.669. The molecule has 0 spiro atoms. The Morgan fingerprint density at radius 1 is 1.47 bits per heavy atom. The Morgan fingerprint density at radius 3 is 2.73 bits per heavy atom. The van der Waals surface area contributed by atoms with Gasteiger partial charge >= 0.3 is 0 Å². The zero-order chi connectivity index (χ0) is 11.3. The first-order chi connectivity index (χ1) is 7.17. The quantitative estimate of drug-likeness (QED) is 0.866. The average molecular weight is 246 g/mol. The fourth-order valence-electron chi connectivity index (χ4n) is 1.31. The third-order valence-electron chi connectivity index (χ3n) is 2.10. The van der Waals surface area contributed by atoms with Crippen LogP contribution in [0.2, 0.25) is 5.02 Å². The Kier molecular flexibility index (Phi) is 5.29. The Hall–Kier alpha value is -0.380. The molecule has 0 saturated carbocycles. The standard InChI is InChI=1S/C11H16ClNOS/c1-2-5-15(14)8-10-4-3-9(7-13)6-11(10)12/h3-4,6H,2,5,7-8,13H2,1H3. The molecular formula is C11H16ClNOS. The van der Waals surface area contributed by atoms with E-state index >= 15 is 0 Å². The van der Waals surface area contributed by atoms with E-state index in [2.05, 4.69) is 0 Å². The van der Waals surface area contributed by atoms with Gasteiger partial charge in [-0.15, -0.1) is 0 Å². The van der Waals surface area contributed by atoms with Crippen LogP contribution in [0.5, 0.6) is 0 Å². The smallest absolute Gasteiger partial charge is 0.0500 e. The van der Waals surface area contributed by atoms with E-state index in [0.29, 0.717) is 17.3 Å². The molecule has 0 bridgehead atoms. The Bertz CT molecular complexity index is 354. The van der Waals surface area contributed by atoms with Gasteiger partial charge in [-0.2, -0.15) is 0 Å². The minimum atomic E-state index is -0.806. The van der Waals surface area contributed by atoms with Gasteiger partial charge in [0.15, 0.2) is 0 Å². The SMILES string of the molecule is CCCS(=O)Cc1ccc(CN)cc1Cl. The van der Waals surface area contributed by atoms with E-state index in [1.165, 1.54) is 0 Å². The maximum absolute atomic E-state index is 11.5. The number of hydrogen-bond donors (Lipinski definition) is 1. The van der Waals surface area contributed by atoms with Gasteiger partial charge in [-0.1, -0.05) is 30.7 Å². The molecule has 0 aliphatic rings. The van der Waals surface area contributed by atoms with Crippen molar-refractivity contribution in [2.24, 2.45) is 5.73 Å². The highest BCUT2D eigenvalue weighted by molar-refractivity contribution is 7.84. The summed E-state index contributed by atoms with van der Waals surface area (Å²) in [5.74, 6) is 1.27. The molecular weight excluding hydrogens is 230 g/mol. The monoisotopic (exact) mass is 245 g/mol. The fraction of sp³-hybridized carbons (Fsp3) is 0.455. The fourth-order valence-corrected chi connectivity index (χ4v) is 2.86. The van der Waals surface area contributed by atoms with Gasteiger partial charge in [0.05, 0.1) is 0 Å². The second kappa shape index (κ2) is 6.26. The van der Waals surface area contributed by atoms with Gasteiger partial charge in [0.1, 0.15) is 0 Å². The second-order valence-electron chi connectivity index (χ2n) is 3.42. The van der Waals surface area contributed by atoms with Gasteiger partial charge in [0.2, 0.25) is 0 Å². The first-order valence-corrected chi connectivity index (χ1v) is 6.86. The van der Waals surface area contributed by atoms with E-state index < -0.39 is 10.8 Å². The minimum Gasteiger partial charge on any atom is -0.326 e. The number of nitrogens with two attached hydrogens (primary N) is 1. The highest BCUT2D eigenvalue weighted by atomic mass is 35.5. The molecule has 1 atom stereocenters. The lowest BCUT2D eigenvalue weighted by Crippen LogP contribution is -2.02. The summed E-state index contributed by atoms with van der Waals surface area (Å²) in [6, 6.07) is 5.70. The van der Waals surface area contributed by atoms with Crippen LogP contribution in [0.1, 0.15) is 24.5 Å². The number of rotatable bonds is 5. The van der Waals surface area contributed by atoms with Crippen LogP contribution < -0.4 is 5.73 Å². The lowest BCUT2D eigenvalue weighted by atomic mass is 10.1. The molecule has 2 N–H and O–H groups in total. The Morgan fingerprint density at radius 2 is 2.20 bits per heavy atom. The van der Waals surface area contributed by atoms with Crippen molar-refractivity contribution in [3.8, 4) is 0 Å². The van der Waals surface area contributed by atoms with Crippen LogP contribution in [-0.4, -0.2) is 9.96 Å². The number of benzene rings is 1. The van der Waals surface area contributed by atoms with Gasteiger partial charge in [-0.25, -0.2) is 0 Å². The van der Waals surface area contributed by atoms with Crippen molar-refractivity contribution in [3.05, 3.63) is 34.3 Å². The molecule has 0 aromatic heterocycles. The number of hydrogen-bond acceptors (Lipinski definition) is 2. The van der Waals surface area contributed by atoms with Gasteiger partial charge in [0, 0.05) is 33.9 Å². The lowest BCUT2D eigenvalue weighted by Gasteiger charge is -2.05. The summed E-state index contributed by atoms with van der Waals surface area (Å²) in [4.78, 5) is 0. The summed E-state index contributed by atoms with van der Waals surface area (Å²) in [7, 11) is -0.806. The molecule has 0 aliphatic heterocycles. The van der Waals surface area contributed by atoms with E-state index in [1.807, 2.05) is 25.1 Å². The number of halogens is 1. The van der Waals surface area contributed by atoms with Crippen molar-refractivity contribution >= 4 is 22.4 Å². The van der Waals surface area contributed by atoms with Crippen LogP contribution in [0.25, 0.3) is 0 Å². The van der Waals surface area contributed by atoms with E-state index in [4.69, 9.17) is 17.3 Å². The van der Waals surface area contributed by atoms with Crippen LogP contribution in [-0.2, 0) is 23.1 Å². The third kappa shape index (κ3) is 3.93. The van der Waals surface area contributed by atoms with Crippen molar-refractivity contribution in [1.82, 2.24) is 0 Å². The van der Waals surface area contributed by atoms with E-state index in [9.17, 15) is 4.21 Å². The average Bonchev–Trinajstić information content (AvgIpc) is 2.21. The molecule has 1 rings (SSSR count). The zero-order valence-corrected chi connectivity index (χ0v) is 10.4. The molecule has 0 amide bonds. The zero-order valence-electron chi connectivity index (χ0n) is 8.83. The lowest BCUT2D eigenvalue weighted by molar-refractivity contribution is 0.681. The van der Waals surface area contributed by atoms with Crippen LogP contribution >= 0.6 is 11.6 Å². The van der Waals surface area contributed by atoms with Crippen LogP contribution in [0.15, 0.2) is 18.2 Å². The van der Waals surface area contributed by atoms with Gasteiger partial charge in [-0.3, -0.25) is 4.21 Å². The molecule has 0 heterocycles. The molecule has 1 aromatic rings. The normalized spacial score (nSPS) is 12.7. The van der Waals surface area contributed by atoms with E-state index in [0.717, 1.165) is 23.3 Å². The molecule has 1 unspecified atom stereocenters. The second-order valence-corrected chi connectivity index (χ2v) is 5.40. The summed E-state index contributed by atoms with van der Waals surface area (Å²) < 4.78 is 11.5. The summed E-state index contributed by atoms with van der Waals surface area (Å²) in [6.45, 7) is 2.51. The Labute approximate surface area is 98.3 Å². The molecule has 1 aromatic carbocycles. The maximum atomic E-state index is 11.5. The van der Waals surface area contributed by atoms with Gasteiger partial charge < -0.3 is 5.73 Å². The molecule has 0 radical (unpaired) electrons. The third-order valence-corrected chi connectivity index (χ3v) is 3.95. The topological polar surface area (TPSA) is 43.1 Å². The van der Waals surface area contributed by atoms with Crippen molar-refractivity contribution in [3.63, 3.8) is 0 Å². The first kappa shape index (κ1) is 12.7. The minimum absolute atomic E-state index is 0.484. The van der Waals surface area contributed by atoms with Gasteiger partial charge in [-0.05, 0) is 23.6 Å². The molecule has 0 saturated heterocycles. The first-order valence-electron chi connectivity index (χ1n) is 4.99. The van der Waals surface area contributed by atoms with Crippen LogP contribution in [0, 0.1) is 0 Å². The van der Waals surface area contributed by atoms with Crippen molar-refractivity contribution < 1.29 is 4.21 Å². The predicted octanol–water partition coefficient (Wildman–Crippen LogP) is 2.46. The Balaban J connectivity index is 2.73. The highest BCUT2D eigenvalue weighted by Gasteiger charge is 2.05. The van der Waals surface area contributed by atoms with Crippen molar-refractivity contribution in [2.45, 2.75) is 25.6 Å². The summed E-state index contributed by atoms with van der Waals surface area (Å²) >= 11 is 6.06. The molecule has 0 aliphatic carbocycles. The predicted molar refractivity (Wildman–Crippen MR) is 66.3 cm³/mol. The molecule has 0 fully saturated rings. The summed E-state index contributed by atoms with van der Waals surface area (Å²) in [5.41, 5.74) is 7.45. The van der Waals surface area contributed by atoms with Crippen molar-refractivity contribution in [2.75, 3.05) is 5.75 Å². The molecule has 84 valence electrons. The maximum Gasteiger partial charge on any atom is 0.0500 e.